The summed E-state index contributed by atoms with van der Waals surface area (Å²) in [5.41, 5.74) is 0.382. The molecule has 0 spiro atoms. The fraction of sp³-hybridized carbons (Fsp3) is 0.538. The number of nitrogens with zero attached hydrogens (tertiary/aromatic N) is 1. The van der Waals surface area contributed by atoms with Crippen LogP contribution in [-0.4, -0.2) is 31.1 Å². The molecule has 2 rings (SSSR count). The number of anilines is 1. The van der Waals surface area contributed by atoms with Crippen molar-refractivity contribution in [3.63, 3.8) is 0 Å². The standard InChI is InChI=1S/C13H18F2N2/c14-11-4-5-13(12(15)10-11)16-6-3-9-17-7-1-2-8-17/h4-5,10,16H,1-3,6-9H2. The van der Waals surface area contributed by atoms with Gasteiger partial charge in [-0.25, -0.2) is 8.78 Å². The second kappa shape index (κ2) is 5.96. The van der Waals surface area contributed by atoms with E-state index in [0.29, 0.717) is 5.69 Å². The molecule has 0 saturated carbocycles. The van der Waals surface area contributed by atoms with E-state index in [4.69, 9.17) is 0 Å². The Hall–Kier alpha value is -1.16. The largest absolute Gasteiger partial charge is 0.383 e. The van der Waals surface area contributed by atoms with Gasteiger partial charge in [0.25, 0.3) is 0 Å². The lowest BCUT2D eigenvalue weighted by Crippen LogP contribution is -2.22. The molecule has 94 valence electrons. The molecular weight excluding hydrogens is 222 g/mol. The lowest BCUT2D eigenvalue weighted by Gasteiger charge is -2.14. The number of likely N-dealkylation sites (tertiary alicyclic amines) is 1. The van der Waals surface area contributed by atoms with Crippen LogP contribution < -0.4 is 5.32 Å². The van der Waals surface area contributed by atoms with E-state index < -0.39 is 11.6 Å². The van der Waals surface area contributed by atoms with Gasteiger partial charge >= 0.3 is 0 Å². The number of nitrogens with one attached hydrogen (secondary N) is 1. The van der Waals surface area contributed by atoms with Gasteiger partial charge in [0.1, 0.15) is 11.6 Å². The van der Waals surface area contributed by atoms with E-state index in [1.54, 1.807) is 0 Å². The number of halogens is 2. The van der Waals surface area contributed by atoms with Gasteiger partial charge in [-0.2, -0.15) is 0 Å². The molecule has 0 unspecified atom stereocenters. The molecule has 1 aromatic rings. The summed E-state index contributed by atoms with van der Waals surface area (Å²) in [5.74, 6) is -1.06. The predicted octanol–water partition coefficient (Wildman–Crippen LogP) is 2.86. The van der Waals surface area contributed by atoms with E-state index in [9.17, 15) is 8.78 Å². The van der Waals surface area contributed by atoms with E-state index in [2.05, 4.69) is 10.2 Å². The molecule has 17 heavy (non-hydrogen) atoms. The second-order valence-corrected chi connectivity index (χ2v) is 4.45. The summed E-state index contributed by atoms with van der Waals surface area (Å²) in [6.45, 7) is 4.14. The molecule has 1 saturated heterocycles. The fourth-order valence-electron chi connectivity index (χ4n) is 2.16. The lowest BCUT2D eigenvalue weighted by atomic mass is 10.3. The zero-order valence-electron chi connectivity index (χ0n) is 9.88. The molecule has 4 heteroatoms. The maximum Gasteiger partial charge on any atom is 0.149 e. The summed E-state index contributed by atoms with van der Waals surface area (Å²) in [6, 6.07) is 3.62. The Labute approximate surface area is 101 Å². The zero-order chi connectivity index (χ0) is 12.1. The summed E-state index contributed by atoms with van der Waals surface area (Å²) in [6.07, 6.45) is 3.57. The average Bonchev–Trinajstić information content (AvgIpc) is 2.79. The quantitative estimate of drug-likeness (QED) is 0.796. The third-order valence-electron chi connectivity index (χ3n) is 3.10. The van der Waals surface area contributed by atoms with E-state index in [-0.39, 0.29) is 0 Å². The first-order valence-electron chi connectivity index (χ1n) is 6.17. The molecule has 2 nitrogen and oxygen atoms in total. The van der Waals surface area contributed by atoms with Crippen LogP contribution in [0.4, 0.5) is 14.5 Å². The Kier molecular flexibility index (Phi) is 4.31. The van der Waals surface area contributed by atoms with Crippen molar-refractivity contribution in [1.82, 2.24) is 4.90 Å². The van der Waals surface area contributed by atoms with Gasteiger partial charge < -0.3 is 10.2 Å². The highest BCUT2D eigenvalue weighted by Gasteiger charge is 2.10. The normalized spacial score (nSPS) is 16.4. The molecule has 1 aliphatic rings. The van der Waals surface area contributed by atoms with Gasteiger partial charge in [-0.3, -0.25) is 0 Å². The van der Waals surface area contributed by atoms with Crippen LogP contribution in [0, 0.1) is 11.6 Å². The molecule has 0 atom stereocenters. The van der Waals surface area contributed by atoms with Crippen molar-refractivity contribution in [2.24, 2.45) is 0 Å². The summed E-state index contributed by atoms with van der Waals surface area (Å²) < 4.78 is 25.9. The first-order valence-corrected chi connectivity index (χ1v) is 6.17. The van der Waals surface area contributed by atoms with Gasteiger partial charge in [-0.15, -0.1) is 0 Å². The second-order valence-electron chi connectivity index (χ2n) is 4.45. The molecule has 1 fully saturated rings. The van der Waals surface area contributed by atoms with Crippen LogP contribution in [0.1, 0.15) is 19.3 Å². The van der Waals surface area contributed by atoms with E-state index in [1.165, 1.54) is 38.1 Å². The molecule has 1 heterocycles. The Balaban J connectivity index is 1.70. The minimum atomic E-state index is -0.537. The fourth-order valence-corrected chi connectivity index (χ4v) is 2.16. The van der Waals surface area contributed by atoms with E-state index in [1.807, 2.05) is 0 Å². The van der Waals surface area contributed by atoms with Crippen molar-refractivity contribution < 1.29 is 8.78 Å². The third-order valence-corrected chi connectivity index (χ3v) is 3.10. The Morgan fingerprint density at radius 1 is 1.18 bits per heavy atom. The van der Waals surface area contributed by atoms with Gasteiger partial charge in [-0.05, 0) is 51.0 Å². The van der Waals surface area contributed by atoms with Gasteiger partial charge in [-0.1, -0.05) is 0 Å². The minimum Gasteiger partial charge on any atom is -0.383 e. The van der Waals surface area contributed by atoms with Gasteiger partial charge in [0.05, 0.1) is 5.69 Å². The highest BCUT2D eigenvalue weighted by Crippen LogP contribution is 2.15. The lowest BCUT2D eigenvalue weighted by molar-refractivity contribution is 0.337. The Bertz CT molecular complexity index is 362. The van der Waals surface area contributed by atoms with Crippen LogP contribution in [0.3, 0.4) is 0 Å². The Morgan fingerprint density at radius 3 is 2.65 bits per heavy atom. The van der Waals surface area contributed by atoms with Crippen LogP contribution in [0.15, 0.2) is 18.2 Å². The van der Waals surface area contributed by atoms with Gasteiger partial charge in [0.15, 0.2) is 0 Å². The van der Waals surface area contributed by atoms with Crippen LogP contribution in [0.2, 0.25) is 0 Å². The molecule has 0 aliphatic carbocycles. The average molecular weight is 240 g/mol. The van der Waals surface area contributed by atoms with Crippen LogP contribution in [0.5, 0.6) is 0 Å². The number of hydrogen-bond donors (Lipinski definition) is 1. The van der Waals surface area contributed by atoms with Gasteiger partial charge in [0.2, 0.25) is 0 Å². The molecule has 0 aromatic heterocycles. The van der Waals surface area contributed by atoms with Crippen molar-refractivity contribution in [3.8, 4) is 0 Å². The van der Waals surface area contributed by atoms with Crippen LogP contribution in [-0.2, 0) is 0 Å². The first kappa shape index (κ1) is 12.3. The van der Waals surface area contributed by atoms with E-state index in [0.717, 1.165) is 25.6 Å². The molecule has 1 N–H and O–H groups in total. The van der Waals surface area contributed by atoms with Crippen molar-refractivity contribution in [1.29, 1.82) is 0 Å². The van der Waals surface area contributed by atoms with Gasteiger partial charge in [0, 0.05) is 12.6 Å². The summed E-state index contributed by atoms with van der Waals surface area (Å²) in [5, 5.41) is 3.00. The first-order chi connectivity index (χ1) is 8.25. The molecule has 1 aromatic carbocycles. The minimum absolute atomic E-state index is 0.382. The number of benzene rings is 1. The molecular formula is C13H18F2N2. The third kappa shape index (κ3) is 3.66. The summed E-state index contributed by atoms with van der Waals surface area (Å²) in [4.78, 5) is 2.42. The monoisotopic (exact) mass is 240 g/mol. The zero-order valence-corrected chi connectivity index (χ0v) is 9.88. The summed E-state index contributed by atoms with van der Waals surface area (Å²) >= 11 is 0. The SMILES string of the molecule is Fc1ccc(NCCCN2CCCC2)c(F)c1. The summed E-state index contributed by atoms with van der Waals surface area (Å²) in [7, 11) is 0. The Morgan fingerprint density at radius 2 is 1.94 bits per heavy atom. The molecule has 1 aliphatic heterocycles. The maximum absolute atomic E-state index is 13.3. The molecule has 0 amide bonds. The van der Waals surface area contributed by atoms with E-state index >= 15 is 0 Å². The molecule has 0 radical (unpaired) electrons. The topological polar surface area (TPSA) is 15.3 Å². The van der Waals surface area contributed by atoms with Crippen LogP contribution in [0.25, 0.3) is 0 Å². The number of hydrogen-bond acceptors (Lipinski definition) is 2. The maximum atomic E-state index is 13.3. The highest BCUT2D eigenvalue weighted by molar-refractivity contribution is 5.44. The van der Waals surface area contributed by atoms with Crippen molar-refractivity contribution >= 4 is 5.69 Å². The van der Waals surface area contributed by atoms with Crippen molar-refractivity contribution in [3.05, 3.63) is 29.8 Å². The van der Waals surface area contributed by atoms with Crippen molar-refractivity contribution in [2.45, 2.75) is 19.3 Å². The smallest absolute Gasteiger partial charge is 0.149 e. The van der Waals surface area contributed by atoms with Crippen molar-refractivity contribution in [2.75, 3.05) is 31.5 Å². The molecule has 0 bridgehead atoms. The predicted molar refractivity (Wildman–Crippen MR) is 65.1 cm³/mol. The number of rotatable bonds is 5. The highest BCUT2D eigenvalue weighted by atomic mass is 19.1. The van der Waals surface area contributed by atoms with Crippen LogP contribution >= 0.6 is 0 Å².